The fourth-order valence-corrected chi connectivity index (χ4v) is 2.08. The van der Waals surface area contributed by atoms with Crippen LogP contribution < -0.4 is 0 Å². The first-order chi connectivity index (χ1) is 9.50. The molecule has 0 saturated carbocycles. The summed E-state index contributed by atoms with van der Waals surface area (Å²) in [6.07, 6.45) is 3.44. The maximum absolute atomic E-state index is 12.4. The third-order valence-corrected chi connectivity index (χ3v) is 3.58. The lowest BCUT2D eigenvalue weighted by Gasteiger charge is -2.28. The van der Waals surface area contributed by atoms with Gasteiger partial charge in [-0.2, -0.15) is 5.10 Å². The zero-order valence-electron chi connectivity index (χ0n) is 11.9. The largest absolute Gasteiger partial charge is 0.508 e. The van der Waals surface area contributed by atoms with E-state index in [2.05, 4.69) is 5.10 Å². The van der Waals surface area contributed by atoms with Crippen LogP contribution in [0.3, 0.4) is 0 Å². The van der Waals surface area contributed by atoms with E-state index in [4.69, 9.17) is 0 Å². The number of benzene rings is 1. The number of carbonyl (C=O) groups excluding carboxylic acids is 1. The lowest BCUT2D eigenvalue weighted by Crippen LogP contribution is -2.35. The smallest absolute Gasteiger partial charge is 0.247 e. The molecule has 0 bridgehead atoms. The van der Waals surface area contributed by atoms with Gasteiger partial charge in [-0.15, -0.1) is 0 Å². The molecule has 20 heavy (non-hydrogen) atoms. The fourth-order valence-electron chi connectivity index (χ4n) is 2.08. The minimum absolute atomic E-state index is 0.00530. The van der Waals surface area contributed by atoms with Crippen molar-refractivity contribution in [3.05, 3.63) is 48.3 Å². The van der Waals surface area contributed by atoms with Gasteiger partial charge in [0.1, 0.15) is 11.8 Å². The highest BCUT2D eigenvalue weighted by Crippen LogP contribution is 2.23. The van der Waals surface area contributed by atoms with Crippen LogP contribution >= 0.6 is 0 Å². The Labute approximate surface area is 118 Å². The van der Waals surface area contributed by atoms with Gasteiger partial charge in [-0.05, 0) is 37.6 Å². The summed E-state index contributed by atoms with van der Waals surface area (Å²) in [5, 5.41) is 13.4. The molecule has 2 atom stereocenters. The number of hydrogen-bond donors (Lipinski definition) is 1. The van der Waals surface area contributed by atoms with Crippen molar-refractivity contribution in [1.82, 2.24) is 14.7 Å². The highest BCUT2D eigenvalue weighted by molar-refractivity contribution is 5.80. The number of hydrogen-bond acceptors (Lipinski definition) is 3. The monoisotopic (exact) mass is 273 g/mol. The van der Waals surface area contributed by atoms with Gasteiger partial charge in [0.15, 0.2) is 0 Å². The predicted octanol–water partition coefficient (Wildman–Crippen LogP) is 2.37. The maximum Gasteiger partial charge on any atom is 0.247 e. The Morgan fingerprint density at radius 1 is 1.30 bits per heavy atom. The Kier molecular flexibility index (Phi) is 4.08. The van der Waals surface area contributed by atoms with Gasteiger partial charge in [0, 0.05) is 19.4 Å². The Morgan fingerprint density at radius 3 is 2.50 bits per heavy atom. The van der Waals surface area contributed by atoms with Crippen molar-refractivity contribution >= 4 is 5.91 Å². The predicted molar refractivity (Wildman–Crippen MR) is 76.2 cm³/mol. The van der Waals surface area contributed by atoms with Crippen molar-refractivity contribution < 1.29 is 9.90 Å². The van der Waals surface area contributed by atoms with Crippen LogP contribution in [0.1, 0.15) is 31.5 Å². The Bertz CT molecular complexity index is 563. The molecule has 1 N–H and O–H groups in total. The van der Waals surface area contributed by atoms with Gasteiger partial charge < -0.3 is 10.0 Å². The highest BCUT2D eigenvalue weighted by Gasteiger charge is 2.23. The van der Waals surface area contributed by atoms with E-state index in [1.165, 1.54) is 0 Å². The summed E-state index contributed by atoms with van der Waals surface area (Å²) in [5.74, 6) is 0.217. The molecule has 1 aromatic carbocycles. The molecule has 0 spiro atoms. The Balaban J connectivity index is 2.12. The van der Waals surface area contributed by atoms with Crippen molar-refractivity contribution in [2.75, 3.05) is 7.05 Å². The number of aromatic hydroxyl groups is 1. The molecule has 0 fully saturated rings. The summed E-state index contributed by atoms with van der Waals surface area (Å²) < 4.78 is 1.64. The zero-order valence-corrected chi connectivity index (χ0v) is 11.9. The Hall–Kier alpha value is -2.30. The molecule has 2 rings (SSSR count). The van der Waals surface area contributed by atoms with Crippen molar-refractivity contribution in [2.24, 2.45) is 0 Å². The van der Waals surface area contributed by atoms with Gasteiger partial charge in [0.05, 0.1) is 6.04 Å². The lowest BCUT2D eigenvalue weighted by molar-refractivity contribution is -0.135. The average molecular weight is 273 g/mol. The van der Waals surface area contributed by atoms with Crippen LogP contribution in [0.4, 0.5) is 0 Å². The molecular formula is C15H19N3O2. The van der Waals surface area contributed by atoms with Crippen LogP contribution in [0.15, 0.2) is 42.7 Å². The van der Waals surface area contributed by atoms with E-state index >= 15 is 0 Å². The SMILES string of the molecule is CC(c1ccc(O)cc1)N(C)C(=O)C(C)n1cccn1. The molecule has 0 radical (unpaired) electrons. The number of likely N-dealkylation sites (N-methyl/N-ethyl adjacent to an activating group) is 1. The second-order valence-corrected chi connectivity index (χ2v) is 4.88. The van der Waals surface area contributed by atoms with Crippen LogP contribution in [0.2, 0.25) is 0 Å². The molecule has 5 heteroatoms. The first kappa shape index (κ1) is 14.1. The second-order valence-electron chi connectivity index (χ2n) is 4.88. The average Bonchev–Trinajstić information content (AvgIpc) is 2.99. The zero-order chi connectivity index (χ0) is 14.7. The fraction of sp³-hybridized carbons (Fsp3) is 0.333. The van der Waals surface area contributed by atoms with E-state index in [1.54, 1.807) is 47.2 Å². The summed E-state index contributed by atoms with van der Waals surface area (Å²) in [7, 11) is 1.78. The molecule has 2 aromatic rings. The van der Waals surface area contributed by atoms with Gasteiger partial charge in [-0.3, -0.25) is 9.48 Å². The maximum atomic E-state index is 12.4. The molecule has 1 aromatic heterocycles. The Morgan fingerprint density at radius 2 is 1.95 bits per heavy atom. The quantitative estimate of drug-likeness (QED) is 0.930. The number of phenols is 1. The van der Waals surface area contributed by atoms with Crippen LogP contribution in [0, 0.1) is 0 Å². The van der Waals surface area contributed by atoms with Crippen molar-refractivity contribution in [2.45, 2.75) is 25.9 Å². The molecule has 5 nitrogen and oxygen atoms in total. The number of phenolic OH excluding ortho intramolecular Hbond substituents is 1. The van der Waals surface area contributed by atoms with E-state index in [-0.39, 0.29) is 23.7 Å². The number of amides is 1. The summed E-state index contributed by atoms with van der Waals surface area (Å²) >= 11 is 0. The van der Waals surface area contributed by atoms with E-state index in [0.29, 0.717) is 0 Å². The summed E-state index contributed by atoms with van der Waals surface area (Å²) in [6, 6.07) is 8.29. The first-order valence-electron chi connectivity index (χ1n) is 6.55. The molecule has 0 aliphatic heterocycles. The number of aromatic nitrogens is 2. The summed E-state index contributed by atoms with van der Waals surface area (Å²) in [4.78, 5) is 14.1. The van der Waals surface area contributed by atoms with Crippen LogP contribution in [0.5, 0.6) is 5.75 Å². The number of carbonyl (C=O) groups is 1. The topological polar surface area (TPSA) is 58.4 Å². The minimum Gasteiger partial charge on any atom is -0.508 e. The van der Waals surface area contributed by atoms with E-state index < -0.39 is 0 Å². The number of rotatable bonds is 4. The molecule has 0 aliphatic carbocycles. The molecule has 1 amide bonds. The van der Waals surface area contributed by atoms with Crippen LogP contribution in [-0.2, 0) is 4.79 Å². The third-order valence-electron chi connectivity index (χ3n) is 3.58. The third kappa shape index (κ3) is 2.82. The van der Waals surface area contributed by atoms with Crippen molar-refractivity contribution in [1.29, 1.82) is 0 Å². The van der Waals surface area contributed by atoms with Gasteiger partial charge >= 0.3 is 0 Å². The van der Waals surface area contributed by atoms with Crippen molar-refractivity contribution in [3.63, 3.8) is 0 Å². The highest BCUT2D eigenvalue weighted by atomic mass is 16.3. The summed E-state index contributed by atoms with van der Waals surface area (Å²) in [6.45, 7) is 3.79. The van der Waals surface area contributed by atoms with E-state index in [1.807, 2.05) is 26.0 Å². The summed E-state index contributed by atoms with van der Waals surface area (Å²) in [5.41, 5.74) is 0.978. The molecule has 106 valence electrons. The van der Waals surface area contributed by atoms with Gasteiger partial charge in [-0.1, -0.05) is 12.1 Å². The van der Waals surface area contributed by atoms with E-state index in [0.717, 1.165) is 5.56 Å². The minimum atomic E-state index is -0.338. The molecule has 2 unspecified atom stereocenters. The van der Waals surface area contributed by atoms with Gasteiger partial charge in [0.2, 0.25) is 5.91 Å². The standard InChI is InChI=1S/C15H19N3O2/c1-11(13-5-7-14(19)8-6-13)17(3)15(20)12(2)18-10-4-9-16-18/h4-12,19H,1-3H3. The molecule has 0 aliphatic rings. The second kappa shape index (κ2) is 5.77. The first-order valence-corrected chi connectivity index (χ1v) is 6.55. The lowest BCUT2D eigenvalue weighted by atomic mass is 10.1. The number of nitrogens with zero attached hydrogens (tertiary/aromatic N) is 3. The molecule has 1 heterocycles. The van der Waals surface area contributed by atoms with E-state index in [9.17, 15) is 9.90 Å². The van der Waals surface area contributed by atoms with Gasteiger partial charge in [-0.25, -0.2) is 0 Å². The molecular weight excluding hydrogens is 254 g/mol. The normalized spacial score (nSPS) is 13.8. The van der Waals surface area contributed by atoms with Gasteiger partial charge in [0.25, 0.3) is 0 Å². The van der Waals surface area contributed by atoms with Crippen LogP contribution in [0.25, 0.3) is 0 Å². The molecule has 0 saturated heterocycles. The van der Waals surface area contributed by atoms with Crippen molar-refractivity contribution in [3.8, 4) is 5.75 Å². The van der Waals surface area contributed by atoms with Crippen LogP contribution in [-0.4, -0.2) is 32.7 Å².